The number of carbonyl (C=O) groups excluding carboxylic acids is 1. The van der Waals surface area contributed by atoms with Gasteiger partial charge in [-0.3, -0.25) is 4.79 Å². The monoisotopic (exact) mass is 343 g/mol. The van der Waals surface area contributed by atoms with Crippen molar-refractivity contribution in [2.45, 2.75) is 20.0 Å². The fourth-order valence-corrected chi connectivity index (χ4v) is 2.59. The van der Waals surface area contributed by atoms with Gasteiger partial charge in [0.15, 0.2) is 5.76 Å². The molecule has 1 aromatic carbocycles. The second-order valence-corrected chi connectivity index (χ2v) is 5.71. The molecule has 0 unspecified atom stereocenters. The van der Waals surface area contributed by atoms with Crippen molar-refractivity contribution < 1.29 is 19.0 Å². The van der Waals surface area contributed by atoms with Crippen LogP contribution in [0.2, 0.25) is 0 Å². The molecule has 0 aliphatic carbocycles. The Morgan fingerprint density at radius 2 is 2.04 bits per heavy atom. The Bertz CT molecular complexity index is 805. The van der Waals surface area contributed by atoms with Gasteiger partial charge in [0.2, 0.25) is 5.88 Å². The van der Waals surface area contributed by atoms with Crippen molar-refractivity contribution in [2.24, 2.45) is 0 Å². The lowest BCUT2D eigenvalue weighted by Crippen LogP contribution is -2.27. The number of aliphatic hydroxyl groups excluding tert-OH is 1. The molecule has 1 aromatic heterocycles. The number of aromatic nitrogens is 2. The number of nitrogens with zero attached hydrogens (tertiary/aromatic N) is 3. The summed E-state index contributed by atoms with van der Waals surface area (Å²) in [5.41, 5.74) is 1.72. The van der Waals surface area contributed by atoms with Crippen LogP contribution in [-0.2, 0) is 11.4 Å². The van der Waals surface area contributed by atoms with Crippen LogP contribution in [0, 0.1) is 5.82 Å². The lowest BCUT2D eigenvalue weighted by molar-refractivity contribution is -0.127. The molecule has 0 saturated heterocycles. The first kappa shape index (κ1) is 16.9. The molecule has 1 amide bonds. The van der Waals surface area contributed by atoms with Gasteiger partial charge in [0.1, 0.15) is 18.8 Å². The number of carbonyl (C=O) groups is 1. The molecule has 0 atom stereocenters. The van der Waals surface area contributed by atoms with Crippen LogP contribution in [0.5, 0.6) is 5.88 Å². The Labute approximate surface area is 144 Å². The third-order valence-electron chi connectivity index (χ3n) is 3.87. The Morgan fingerprint density at radius 1 is 1.28 bits per heavy atom. The molecule has 2 heterocycles. The number of hydrogen-bond acceptors (Lipinski definition) is 5. The maximum atomic E-state index is 12.9. The van der Waals surface area contributed by atoms with E-state index in [2.05, 4.69) is 9.97 Å². The largest absolute Gasteiger partial charge is 0.503 e. The van der Waals surface area contributed by atoms with E-state index >= 15 is 0 Å². The number of rotatable bonds is 6. The van der Waals surface area contributed by atoms with Crippen LogP contribution in [0.3, 0.4) is 0 Å². The molecular formula is C18H18FN3O3. The summed E-state index contributed by atoms with van der Waals surface area (Å²) in [7, 11) is 0. The molecule has 0 fully saturated rings. The van der Waals surface area contributed by atoms with Crippen LogP contribution < -0.4 is 4.74 Å². The second-order valence-electron chi connectivity index (χ2n) is 5.71. The minimum absolute atomic E-state index is 0.225. The summed E-state index contributed by atoms with van der Waals surface area (Å²) in [6, 6.07) is 7.56. The van der Waals surface area contributed by atoms with Crippen molar-refractivity contribution in [3.05, 3.63) is 59.5 Å². The van der Waals surface area contributed by atoms with E-state index in [1.54, 1.807) is 23.1 Å². The highest BCUT2D eigenvalue weighted by molar-refractivity contribution is 6.03. The van der Waals surface area contributed by atoms with Gasteiger partial charge in [0, 0.05) is 18.2 Å². The highest BCUT2D eigenvalue weighted by atomic mass is 19.1. The molecule has 0 bridgehead atoms. The third-order valence-corrected chi connectivity index (χ3v) is 3.87. The molecule has 6 nitrogen and oxygen atoms in total. The van der Waals surface area contributed by atoms with Crippen molar-refractivity contribution in [1.82, 2.24) is 14.9 Å². The fourth-order valence-electron chi connectivity index (χ4n) is 2.59. The molecule has 130 valence electrons. The normalized spacial score (nSPS) is 14.3. The first-order valence-corrected chi connectivity index (χ1v) is 7.99. The van der Waals surface area contributed by atoms with E-state index < -0.39 is 0 Å². The van der Waals surface area contributed by atoms with E-state index in [-0.39, 0.29) is 24.1 Å². The van der Waals surface area contributed by atoms with Crippen molar-refractivity contribution in [1.29, 1.82) is 0 Å². The predicted molar refractivity (Wildman–Crippen MR) is 89.2 cm³/mol. The summed E-state index contributed by atoms with van der Waals surface area (Å²) in [4.78, 5) is 21.8. The zero-order valence-electron chi connectivity index (χ0n) is 13.8. The molecule has 1 N–H and O–H groups in total. The average Bonchev–Trinajstić information content (AvgIpc) is 2.90. The number of amides is 1. The molecule has 2 aromatic rings. The highest BCUT2D eigenvalue weighted by Gasteiger charge is 2.31. The summed E-state index contributed by atoms with van der Waals surface area (Å²) in [6.07, 6.45) is 2.13. The Hall–Kier alpha value is -2.96. The van der Waals surface area contributed by atoms with Gasteiger partial charge < -0.3 is 14.7 Å². The van der Waals surface area contributed by atoms with Crippen molar-refractivity contribution in [3.63, 3.8) is 0 Å². The van der Waals surface area contributed by atoms with E-state index in [1.807, 2.05) is 6.92 Å². The molecule has 3 rings (SSSR count). The van der Waals surface area contributed by atoms with Crippen LogP contribution in [0.15, 0.2) is 42.4 Å². The third kappa shape index (κ3) is 3.76. The summed E-state index contributed by atoms with van der Waals surface area (Å²) >= 11 is 0. The van der Waals surface area contributed by atoms with Crippen LogP contribution in [0.1, 0.15) is 24.6 Å². The quantitative estimate of drug-likeness (QED) is 0.873. The summed E-state index contributed by atoms with van der Waals surface area (Å²) < 4.78 is 18.5. The van der Waals surface area contributed by atoms with E-state index in [1.165, 1.54) is 18.5 Å². The zero-order valence-corrected chi connectivity index (χ0v) is 13.8. The molecule has 0 saturated carbocycles. The molecule has 0 radical (unpaired) electrons. The SMILES string of the molecule is CCCN1CC(c2cc(OCc3ccc(F)cc3)ncn2)=C(O)C1=O. The topological polar surface area (TPSA) is 75.6 Å². The van der Waals surface area contributed by atoms with Crippen molar-refractivity contribution >= 4 is 11.5 Å². The van der Waals surface area contributed by atoms with Crippen molar-refractivity contribution in [3.8, 4) is 5.88 Å². The summed E-state index contributed by atoms with van der Waals surface area (Å²) in [5.74, 6) is -0.657. The Morgan fingerprint density at radius 3 is 2.76 bits per heavy atom. The number of ether oxygens (including phenoxy) is 1. The van der Waals surface area contributed by atoms with E-state index in [0.717, 1.165) is 12.0 Å². The van der Waals surface area contributed by atoms with Crippen LogP contribution >= 0.6 is 0 Å². The first-order valence-electron chi connectivity index (χ1n) is 7.99. The van der Waals surface area contributed by atoms with Gasteiger partial charge in [-0.05, 0) is 24.1 Å². The van der Waals surface area contributed by atoms with Gasteiger partial charge in [-0.2, -0.15) is 0 Å². The standard InChI is InChI=1S/C18H18FN3O3/c1-2-7-22-9-14(17(23)18(22)24)15-8-16(21-11-20-15)25-10-12-3-5-13(19)6-4-12/h3-6,8,11,23H,2,7,9-10H2,1H3. The molecule has 1 aliphatic heterocycles. The highest BCUT2D eigenvalue weighted by Crippen LogP contribution is 2.26. The molecule has 0 spiro atoms. The fraction of sp³-hybridized carbons (Fsp3) is 0.278. The maximum absolute atomic E-state index is 12.9. The van der Waals surface area contributed by atoms with Gasteiger partial charge in [0.25, 0.3) is 5.91 Å². The molecule has 1 aliphatic rings. The summed E-state index contributed by atoms with van der Waals surface area (Å²) in [6.45, 7) is 3.08. The zero-order chi connectivity index (χ0) is 17.8. The van der Waals surface area contributed by atoms with Crippen LogP contribution in [0.4, 0.5) is 4.39 Å². The second kappa shape index (κ2) is 7.29. The molecule has 25 heavy (non-hydrogen) atoms. The predicted octanol–water partition coefficient (Wildman–Crippen LogP) is 2.72. The number of aliphatic hydroxyl groups is 1. The van der Waals surface area contributed by atoms with E-state index in [9.17, 15) is 14.3 Å². The van der Waals surface area contributed by atoms with Crippen LogP contribution in [-0.4, -0.2) is 39.0 Å². The van der Waals surface area contributed by atoms with Crippen LogP contribution in [0.25, 0.3) is 5.57 Å². The maximum Gasteiger partial charge on any atom is 0.289 e. The van der Waals surface area contributed by atoms with E-state index in [0.29, 0.717) is 30.2 Å². The minimum atomic E-state index is -0.385. The summed E-state index contributed by atoms with van der Waals surface area (Å²) in [5, 5.41) is 10.1. The van der Waals surface area contributed by atoms with Gasteiger partial charge >= 0.3 is 0 Å². The lowest BCUT2D eigenvalue weighted by atomic mass is 10.2. The van der Waals surface area contributed by atoms with Gasteiger partial charge in [-0.15, -0.1) is 0 Å². The van der Waals surface area contributed by atoms with Gasteiger partial charge in [-0.1, -0.05) is 19.1 Å². The number of benzene rings is 1. The van der Waals surface area contributed by atoms with Crippen molar-refractivity contribution in [2.75, 3.05) is 13.1 Å². The van der Waals surface area contributed by atoms with E-state index in [4.69, 9.17) is 4.74 Å². The van der Waals surface area contributed by atoms with Gasteiger partial charge in [0.05, 0.1) is 12.2 Å². The Kier molecular flexibility index (Phi) is 4.92. The smallest absolute Gasteiger partial charge is 0.289 e. The average molecular weight is 343 g/mol. The lowest BCUT2D eigenvalue weighted by Gasteiger charge is -2.14. The molecular weight excluding hydrogens is 325 g/mol. The Balaban J connectivity index is 1.73. The number of hydrogen-bond donors (Lipinski definition) is 1. The first-order chi connectivity index (χ1) is 12.1. The van der Waals surface area contributed by atoms with Gasteiger partial charge in [-0.25, -0.2) is 14.4 Å². The number of halogens is 1. The molecule has 7 heteroatoms. The minimum Gasteiger partial charge on any atom is -0.503 e.